The lowest BCUT2D eigenvalue weighted by atomic mass is 10.2. The van der Waals surface area contributed by atoms with Gasteiger partial charge in [-0.25, -0.2) is 0 Å². The highest BCUT2D eigenvalue weighted by atomic mass is 35.5. The van der Waals surface area contributed by atoms with E-state index >= 15 is 0 Å². The van der Waals surface area contributed by atoms with Crippen LogP contribution in [0.5, 0.6) is 0 Å². The van der Waals surface area contributed by atoms with E-state index < -0.39 is 0 Å². The first-order valence-corrected chi connectivity index (χ1v) is 6.49. The van der Waals surface area contributed by atoms with E-state index in [0.29, 0.717) is 15.6 Å². The topological polar surface area (TPSA) is 17.1 Å². The van der Waals surface area contributed by atoms with E-state index in [2.05, 4.69) is 6.08 Å². The Labute approximate surface area is 110 Å². The molecule has 0 aliphatic rings. The van der Waals surface area contributed by atoms with Crippen molar-refractivity contribution >= 4 is 41.2 Å². The molecular formula is C12H12Cl2OS. The van der Waals surface area contributed by atoms with Crippen molar-refractivity contribution in [1.82, 2.24) is 0 Å². The molecule has 0 aliphatic carbocycles. The van der Waals surface area contributed by atoms with Crippen molar-refractivity contribution in [2.75, 3.05) is 5.75 Å². The SMILES string of the molecule is CC(C)=CCSc1c(Cl)cc(Cl)cc1C=O. The van der Waals surface area contributed by atoms with Crippen molar-refractivity contribution in [2.24, 2.45) is 0 Å². The Morgan fingerprint density at radius 1 is 1.38 bits per heavy atom. The number of allylic oxidation sites excluding steroid dienone is 1. The molecule has 16 heavy (non-hydrogen) atoms. The van der Waals surface area contributed by atoms with Gasteiger partial charge in [-0.2, -0.15) is 0 Å². The summed E-state index contributed by atoms with van der Waals surface area (Å²) in [7, 11) is 0. The number of hydrogen-bond acceptors (Lipinski definition) is 2. The summed E-state index contributed by atoms with van der Waals surface area (Å²) in [4.78, 5) is 11.7. The predicted octanol–water partition coefficient (Wildman–Crippen LogP) is 4.86. The fourth-order valence-electron chi connectivity index (χ4n) is 1.11. The summed E-state index contributed by atoms with van der Waals surface area (Å²) >= 11 is 13.4. The van der Waals surface area contributed by atoms with E-state index in [1.165, 1.54) is 17.3 Å². The van der Waals surface area contributed by atoms with E-state index in [1.54, 1.807) is 12.1 Å². The lowest BCUT2D eigenvalue weighted by Crippen LogP contribution is -1.88. The zero-order chi connectivity index (χ0) is 12.1. The van der Waals surface area contributed by atoms with Gasteiger partial charge in [-0.15, -0.1) is 11.8 Å². The van der Waals surface area contributed by atoms with Gasteiger partial charge >= 0.3 is 0 Å². The number of hydrogen-bond donors (Lipinski definition) is 0. The van der Waals surface area contributed by atoms with Gasteiger partial charge in [-0.1, -0.05) is 34.9 Å². The molecule has 0 atom stereocenters. The molecule has 0 bridgehead atoms. The Balaban J connectivity index is 2.94. The van der Waals surface area contributed by atoms with Crippen molar-refractivity contribution < 1.29 is 4.79 Å². The average molecular weight is 275 g/mol. The third-order valence-corrected chi connectivity index (χ3v) is 3.59. The maximum Gasteiger partial charge on any atom is 0.151 e. The van der Waals surface area contributed by atoms with Crippen LogP contribution < -0.4 is 0 Å². The molecule has 0 amide bonds. The van der Waals surface area contributed by atoms with Crippen LogP contribution >= 0.6 is 35.0 Å². The zero-order valence-electron chi connectivity index (χ0n) is 9.09. The van der Waals surface area contributed by atoms with Gasteiger partial charge in [0.2, 0.25) is 0 Å². The normalized spacial score (nSPS) is 10.0. The van der Waals surface area contributed by atoms with Gasteiger partial charge in [0, 0.05) is 21.2 Å². The molecular weight excluding hydrogens is 263 g/mol. The van der Waals surface area contributed by atoms with E-state index in [-0.39, 0.29) is 0 Å². The van der Waals surface area contributed by atoms with Crippen LogP contribution in [0.4, 0.5) is 0 Å². The molecule has 0 aromatic heterocycles. The first-order valence-electron chi connectivity index (χ1n) is 4.75. The molecule has 1 aromatic rings. The van der Waals surface area contributed by atoms with Crippen LogP contribution in [0.25, 0.3) is 0 Å². The minimum atomic E-state index is 0.485. The van der Waals surface area contributed by atoms with Crippen LogP contribution in [-0.2, 0) is 0 Å². The monoisotopic (exact) mass is 274 g/mol. The Bertz CT molecular complexity index is 423. The van der Waals surface area contributed by atoms with E-state index in [1.807, 2.05) is 13.8 Å². The standard InChI is InChI=1S/C12H12Cl2OS/c1-8(2)3-4-16-12-9(7-15)5-10(13)6-11(12)14/h3,5-7H,4H2,1-2H3. The number of thioether (sulfide) groups is 1. The lowest BCUT2D eigenvalue weighted by molar-refractivity contribution is 0.112. The van der Waals surface area contributed by atoms with Crippen LogP contribution in [0.3, 0.4) is 0 Å². The molecule has 0 heterocycles. The Morgan fingerprint density at radius 2 is 2.06 bits per heavy atom. The van der Waals surface area contributed by atoms with Gasteiger partial charge in [0.15, 0.2) is 6.29 Å². The highest BCUT2D eigenvalue weighted by Crippen LogP contribution is 2.33. The van der Waals surface area contributed by atoms with Gasteiger partial charge in [0.05, 0.1) is 5.02 Å². The minimum Gasteiger partial charge on any atom is -0.298 e. The summed E-state index contributed by atoms with van der Waals surface area (Å²) < 4.78 is 0. The molecule has 0 N–H and O–H groups in total. The first kappa shape index (κ1) is 13.6. The molecule has 0 unspecified atom stereocenters. The molecule has 0 saturated carbocycles. The molecule has 4 heteroatoms. The Hall–Kier alpha value is -0.440. The van der Waals surface area contributed by atoms with Gasteiger partial charge in [-0.3, -0.25) is 4.79 Å². The second-order valence-corrected chi connectivity index (χ2v) is 5.39. The van der Waals surface area contributed by atoms with Crippen molar-refractivity contribution in [3.63, 3.8) is 0 Å². The highest BCUT2D eigenvalue weighted by Gasteiger charge is 2.08. The van der Waals surface area contributed by atoms with E-state index in [0.717, 1.165) is 16.9 Å². The molecule has 0 saturated heterocycles. The molecule has 0 radical (unpaired) electrons. The van der Waals surface area contributed by atoms with Crippen molar-refractivity contribution in [1.29, 1.82) is 0 Å². The smallest absolute Gasteiger partial charge is 0.151 e. The van der Waals surface area contributed by atoms with Crippen LogP contribution in [0.2, 0.25) is 10.0 Å². The minimum absolute atomic E-state index is 0.485. The maximum atomic E-state index is 10.9. The van der Waals surface area contributed by atoms with Crippen LogP contribution in [0.1, 0.15) is 24.2 Å². The number of benzene rings is 1. The fraction of sp³-hybridized carbons (Fsp3) is 0.250. The average Bonchev–Trinajstić information content (AvgIpc) is 2.20. The molecule has 1 aromatic carbocycles. The third kappa shape index (κ3) is 3.85. The Kier molecular flexibility index (Phi) is 5.39. The predicted molar refractivity (Wildman–Crippen MR) is 72.0 cm³/mol. The summed E-state index contributed by atoms with van der Waals surface area (Å²) in [6.45, 7) is 4.06. The molecule has 1 rings (SSSR count). The van der Waals surface area contributed by atoms with Crippen LogP contribution in [0.15, 0.2) is 28.7 Å². The molecule has 0 fully saturated rings. The summed E-state index contributed by atoms with van der Waals surface area (Å²) in [5.74, 6) is 0.796. The highest BCUT2D eigenvalue weighted by molar-refractivity contribution is 7.99. The van der Waals surface area contributed by atoms with E-state index in [9.17, 15) is 4.79 Å². The molecule has 0 aliphatic heterocycles. The number of carbonyl (C=O) groups is 1. The quantitative estimate of drug-likeness (QED) is 0.443. The maximum absolute atomic E-state index is 10.9. The van der Waals surface area contributed by atoms with Crippen LogP contribution in [0, 0.1) is 0 Å². The van der Waals surface area contributed by atoms with Crippen molar-refractivity contribution in [2.45, 2.75) is 18.7 Å². The summed E-state index contributed by atoms with van der Waals surface area (Å²) in [6, 6.07) is 3.28. The lowest BCUT2D eigenvalue weighted by Gasteiger charge is -2.06. The molecule has 86 valence electrons. The van der Waals surface area contributed by atoms with Crippen LogP contribution in [-0.4, -0.2) is 12.0 Å². The second kappa shape index (κ2) is 6.33. The summed E-state index contributed by atoms with van der Waals surface area (Å²) in [5.41, 5.74) is 1.79. The Morgan fingerprint density at radius 3 is 2.62 bits per heavy atom. The number of halogens is 2. The zero-order valence-corrected chi connectivity index (χ0v) is 11.4. The second-order valence-electron chi connectivity index (χ2n) is 3.52. The van der Waals surface area contributed by atoms with Gasteiger partial charge in [0.1, 0.15) is 0 Å². The van der Waals surface area contributed by atoms with Gasteiger partial charge in [-0.05, 0) is 26.0 Å². The van der Waals surface area contributed by atoms with Crippen molar-refractivity contribution in [3.8, 4) is 0 Å². The largest absolute Gasteiger partial charge is 0.298 e. The van der Waals surface area contributed by atoms with Gasteiger partial charge < -0.3 is 0 Å². The number of carbonyl (C=O) groups excluding carboxylic acids is 1. The molecule has 0 spiro atoms. The number of rotatable bonds is 4. The van der Waals surface area contributed by atoms with E-state index in [4.69, 9.17) is 23.2 Å². The summed E-state index contributed by atoms with van der Waals surface area (Å²) in [6.07, 6.45) is 2.87. The first-order chi connectivity index (χ1) is 7.54. The third-order valence-electron chi connectivity index (χ3n) is 1.88. The summed E-state index contributed by atoms with van der Waals surface area (Å²) in [5, 5.41) is 1.01. The van der Waals surface area contributed by atoms with Crippen molar-refractivity contribution in [3.05, 3.63) is 39.4 Å². The van der Waals surface area contributed by atoms with Gasteiger partial charge in [0.25, 0.3) is 0 Å². The fourth-order valence-corrected chi connectivity index (χ4v) is 2.84. The molecule has 1 nitrogen and oxygen atoms in total. The number of aldehydes is 1.